The third-order valence-corrected chi connectivity index (χ3v) is 6.73. The molecule has 10 heteroatoms. The first kappa shape index (κ1) is 22.5. The smallest absolute Gasteiger partial charge is 0.226 e. The van der Waals surface area contributed by atoms with E-state index in [4.69, 9.17) is 5.73 Å². The van der Waals surface area contributed by atoms with Crippen LogP contribution in [0.4, 0.5) is 17.6 Å². The van der Waals surface area contributed by atoms with Crippen molar-refractivity contribution >= 4 is 33.2 Å². The molecule has 1 aromatic heterocycles. The molecule has 3 N–H and O–H groups in total. The number of anilines is 3. The number of nitrogens with one attached hydrogen (secondary N) is 1. The Morgan fingerprint density at radius 1 is 1.12 bits per heavy atom. The summed E-state index contributed by atoms with van der Waals surface area (Å²) in [7, 11) is -3.10. The number of carbonyl (C=O) groups is 1. The second kappa shape index (κ2) is 9.41. The summed E-state index contributed by atoms with van der Waals surface area (Å²) in [6, 6.07) is 8.44. The average Bonchev–Trinajstić information content (AvgIpc) is 3.21. The molecule has 0 amide bonds. The molecule has 1 saturated heterocycles. The fourth-order valence-corrected chi connectivity index (χ4v) is 4.74. The number of rotatable bonds is 8. The molecule has 0 unspecified atom stereocenters. The molecule has 0 spiro atoms. The van der Waals surface area contributed by atoms with Crippen molar-refractivity contribution in [2.75, 3.05) is 54.1 Å². The van der Waals surface area contributed by atoms with E-state index < -0.39 is 9.84 Å². The minimum Gasteiger partial charge on any atom is -0.383 e. The number of aromatic nitrogens is 2. The highest BCUT2D eigenvalue weighted by atomic mass is 32.2. The van der Waals surface area contributed by atoms with Crippen LogP contribution < -0.4 is 16.0 Å². The van der Waals surface area contributed by atoms with Crippen LogP contribution >= 0.6 is 0 Å². The number of ketones is 1. The Bertz CT molecular complexity index is 1100. The van der Waals surface area contributed by atoms with Crippen LogP contribution in [0.2, 0.25) is 0 Å². The molecule has 0 saturated carbocycles. The molecule has 2 aliphatic heterocycles. The highest BCUT2D eigenvalue weighted by molar-refractivity contribution is 7.90. The topological polar surface area (TPSA) is 122 Å². The van der Waals surface area contributed by atoms with Crippen LogP contribution in [0.15, 0.2) is 24.3 Å². The highest BCUT2D eigenvalue weighted by Gasteiger charge is 2.27. The van der Waals surface area contributed by atoms with Gasteiger partial charge in [0.25, 0.3) is 0 Å². The van der Waals surface area contributed by atoms with E-state index in [0.29, 0.717) is 17.9 Å². The van der Waals surface area contributed by atoms with E-state index in [1.54, 1.807) is 0 Å². The molecule has 0 aliphatic carbocycles. The van der Waals surface area contributed by atoms with Crippen molar-refractivity contribution < 1.29 is 13.2 Å². The zero-order valence-corrected chi connectivity index (χ0v) is 19.2. The number of Topliss-reactive ketones (excluding diaryl/α,β-unsaturated/α-hetero) is 1. The highest BCUT2D eigenvalue weighted by Crippen LogP contribution is 2.30. The fourth-order valence-electron chi connectivity index (χ4n) is 4.26. The van der Waals surface area contributed by atoms with Gasteiger partial charge in [-0.25, -0.2) is 8.42 Å². The molecule has 4 rings (SSSR count). The standard InChI is InChI=1S/C22H30N6O3S/c1-32(30,31)10-7-24-22-25-20(23)19-12-18(29)15-28(21(19)26-22)14-17-6-4-5-16(11-17)13-27-8-2-3-9-27/h4-6,11H,2-3,7-10,12-15H2,1H3,(H3,23,24,25,26). The van der Waals surface area contributed by atoms with Gasteiger partial charge in [-0.2, -0.15) is 9.97 Å². The van der Waals surface area contributed by atoms with Crippen molar-refractivity contribution in [3.8, 4) is 0 Å². The Hall–Kier alpha value is -2.72. The Labute approximate surface area is 188 Å². The van der Waals surface area contributed by atoms with Crippen molar-refractivity contribution in [3.63, 3.8) is 0 Å². The number of sulfone groups is 1. The summed E-state index contributed by atoms with van der Waals surface area (Å²) < 4.78 is 22.8. The number of nitrogens with zero attached hydrogens (tertiary/aromatic N) is 4. The molecule has 172 valence electrons. The molecular weight excluding hydrogens is 428 g/mol. The molecule has 3 heterocycles. The first-order valence-corrected chi connectivity index (χ1v) is 13.0. The molecule has 1 aromatic carbocycles. The van der Waals surface area contributed by atoms with Gasteiger partial charge in [-0.3, -0.25) is 9.69 Å². The first-order valence-electron chi connectivity index (χ1n) is 10.9. The number of nitrogen functional groups attached to an aromatic ring is 1. The monoisotopic (exact) mass is 458 g/mol. The lowest BCUT2D eigenvalue weighted by atomic mass is 10.0. The maximum atomic E-state index is 12.4. The van der Waals surface area contributed by atoms with Gasteiger partial charge in [0.05, 0.1) is 12.3 Å². The van der Waals surface area contributed by atoms with E-state index >= 15 is 0 Å². The van der Waals surface area contributed by atoms with Crippen LogP contribution in [0, 0.1) is 0 Å². The summed E-state index contributed by atoms with van der Waals surface area (Å²) >= 11 is 0. The summed E-state index contributed by atoms with van der Waals surface area (Å²) in [4.78, 5) is 25.6. The van der Waals surface area contributed by atoms with Crippen molar-refractivity contribution in [1.29, 1.82) is 0 Å². The normalized spacial score (nSPS) is 16.9. The Kier molecular flexibility index (Phi) is 6.61. The molecule has 0 radical (unpaired) electrons. The van der Waals surface area contributed by atoms with Crippen LogP contribution in [-0.2, 0) is 34.1 Å². The van der Waals surface area contributed by atoms with E-state index in [1.807, 2.05) is 4.90 Å². The van der Waals surface area contributed by atoms with Gasteiger partial charge >= 0.3 is 0 Å². The summed E-state index contributed by atoms with van der Waals surface area (Å²) in [6.45, 7) is 4.20. The summed E-state index contributed by atoms with van der Waals surface area (Å²) in [6.07, 6.45) is 3.90. The summed E-state index contributed by atoms with van der Waals surface area (Å²) in [5.41, 5.74) is 9.13. The molecule has 2 aromatic rings. The number of benzene rings is 1. The maximum absolute atomic E-state index is 12.4. The first-order chi connectivity index (χ1) is 15.3. The number of carbonyl (C=O) groups excluding carboxylic acids is 1. The molecule has 0 bridgehead atoms. The second-order valence-corrected chi connectivity index (χ2v) is 10.9. The molecule has 9 nitrogen and oxygen atoms in total. The van der Waals surface area contributed by atoms with Crippen LogP contribution in [-0.4, -0.2) is 67.3 Å². The predicted molar refractivity (Wildman–Crippen MR) is 125 cm³/mol. The van der Waals surface area contributed by atoms with Gasteiger partial charge in [0.2, 0.25) is 5.95 Å². The zero-order chi connectivity index (χ0) is 22.7. The fraction of sp³-hybridized carbons (Fsp3) is 0.500. The number of hydrogen-bond acceptors (Lipinski definition) is 9. The minimum absolute atomic E-state index is 0.0284. The largest absolute Gasteiger partial charge is 0.383 e. The number of nitrogens with two attached hydrogens (primary N) is 1. The molecule has 32 heavy (non-hydrogen) atoms. The van der Waals surface area contributed by atoms with Gasteiger partial charge in [0.15, 0.2) is 5.78 Å². The van der Waals surface area contributed by atoms with E-state index in [0.717, 1.165) is 25.2 Å². The van der Waals surface area contributed by atoms with Gasteiger partial charge in [-0.15, -0.1) is 0 Å². The Morgan fingerprint density at radius 2 is 1.84 bits per heavy atom. The lowest BCUT2D eigenvalue weighted by molar-refractivity contribution is -0.117. The van der Waals surface area contributed by atoms with Gasteiger partial charge in [0.1, 0.15) is 21.5 Å². The minimum atomic E-state index is -3.10. The van der Waals surface area contributed by atoms with Crippen molar-refractivity contribution in [1.82, 2.24) is 14.9 Å². The lowest BCUT2D eigenvalue weighted by Crippen LogP contribution is -2.37. The van der Waals surface area contributed by atoms with E-state index in [1.165, 1.54) is 24.7 Å². The van der Waals surface area contributed by atoms with Crippen LogP contribution in [0.5, 0.6) is 0 Å². The average molecular weight is 459 g/mol. The quantitative estimate of drug-likeness (QED) is 0.602. The van der Waals surface area contributed by atoms with Gasteiger partial charge < -0.3 is 16.0 Å². The number of hydrogen-bond donors (Lipinski definition) is 2. The third-order valence-electron chi connectivity index (χ3n) is 5.78. The van der Waals surface area contributed by atoms with Crippen molar-refractivity contribution in [3.05, 3.63) is 41.0 Å². The van der Waals surface area contributed by atoms with E-state index in [9.17, 15) is 13.2 Å². The zero-order valence-electron chi connectivity index (χ0n) is 18.4. The summed E-state index contributed by atoms with van der Waals surface area (Å²) in [5, 5.41) is 2.94. The second-order valence-electron chi connectivity index (χ2n) is 8.67. The van der Waals surface area contributed by atoms with E-state index in [2.05, 4.69) is 44.5 Å². The van der Waals surface area contributed by atoms with Crippen LogP contribution in [0.25, 0.3) is 0 Å². The van der Waals surface area contributed by atoms with E-state index in [-0.39, 0.29) is 42.8 Å². The van der Waals surface area contributed by atoms with Crippen LogP contribution in [0.1, 0.15) is 29.5 Å². The number of fused-ring (bicyclic) bond motifs is 1. The molecule has 2 aliphatic rings. The van der Waals surface area contributed by atoms with Gasteiger partial charge in [0, 0.05) is 37.9 Å². The summed E-state index contributed by atoms with van der Waals surface area (Å²) in [5.74, 6) is 1.19. The molecule has 1 fully saturated rings. The molecule has 0 atom stereocenters. The van der Waals surface area contributed by atoms with Crippen molar-refractivity contribution in [2.24, 2.45) is 0 Å². The SMILES string of the molecule is CS(=O)(=O)CCNc1nc(N)c2c(n1)N(Cc1cccc(CN3CCCC3)c1)CC(=O)C2. The van der Waals surface area contributed by atoms with Gasteiger partial charge in [-0.1, -0.05) is 24.3 Å². The lowest BCUT2D eigenvalue weighted by Gasteiger charge is -2.30. The molecular formula is C22H30N6O3S. The van der Waals surface area contributed by atoms with Crippen LogP contribution in [0.3, 0.4) is 0 Å². The number of likely N-dealkylation sites (tertiary alicyclic amines) is 1. The van der Waals surface area contributed by atoms with Gasteiger partial charge in [-0.05, 0) is 37.1 Å². The van der Waals surface area contributed by atoms with Crippen molar-refractivity contribution in [2.45, 2.75) is 32.4 Å². The predicted octanol–water partition coefficient (Wildman–Crippen LogP) is 1.24. The third kappa shape index (κ3) is 5.74. The Morgan fingerprint density at radius 3 is 2.56 bits per heavy atom. The Balaban J connectivity index is 1.53. The maximum Gasteiger partial charge on any atom is 0.226 e.